The van der Waals surface area contributed by atoms with Crippen LogP contribution in [0.3, 0.4) is 0 Å². The summed E-state index contributed by atoms with van der Waals surface area (Å²) in [5.41, 5.74) is 2.48. The molecule has 0 radical (unpaired) electrons. The largest absolute Gasteiger partial charge is 0.493 e. The number of alkyl halides is 1. The lowest BCUT2D eigenvalue weighted by Crippen LogP contribution is -1.97. The number of rotatable bonds is 2. The molecule has 15 heavy (non-hydrogen) atoms. The van der Waals surface area contributed by atoms with E-state index >= 15 is 0 Å². The van der Waals surface area contributed by atoms with Crippen molar-refractivity contribution in [3.8, 4) is 5.75 Å². The molecule has 1 heterocycles. The summed E-state index contributed by atoms with van der Waals surface area (Å²) in [7, 11) is 0. The molecule has 0 bridgehead atoms. The van der Waals surface area contributed by atoms with Gasteiger partial charge in [-0.2, -0.15) is 0 Å². The average Bonchev–Trinajstić information content (AvgIpc) is 2.96. The lowest BCUT2D eigenvalue weighted by atomic mass is 10.0. The van der Waals surface area contributed by atoms with Crippen LogP contribution in [0.4, 0.5) is 0 Å². The Morgan fingerprint density at radius 1 is 1.40 bits per heavy atom. The standard InChI is InChI=1S/C12H12BrClO/c13-9-5-8-3-4-15-12(8)10(6-9)11(14)7-1-2-7/h5-7,11H,1-4H2. The van der Waals surface area contributed by atoms with Crippen LogP contribution in [0, 0.1) is 5.92 Å². The van der Waals surface area contributed by atoms with Gasteiger partial charge in [0.2, 0.25) is 0 Å². The Balaban J connectivity index is 2.05. The van der Waals surface area contributed by atoms with E-state index in [1.165, 1.54) is 24.0 Å². The lowest BCUT2D eigenvalue weighted by Gasteiger charge is -2.13. The molecule has 0 amide bonds. The van der Waals surface area contributed by atoms with E-state index in [1.54, 1.807) is 0 Å². The molecule has 3 heteroatoms. The van der Waals surface area contributed by atoms with Gasteiger partial charge in [0, 0.05) is 16.5 Å². The molecule has 1 atom stereocenters. The van der Waals surface area contributed by atoms with Gasteiger partial charge in [0.15, 0.2) is 0 Å². The Bertz CT molecular complexity index is 401. The summed E-state index contributed by atoms with van der Waals surface area (Å²) in [5, 5.41) is 0.134. The van der Waals surface area contributed by atoms with E-state index in [-0.39, 0.29) is 5.38 Å². The summed E-state index contributed by atoms with van der Waals surface area (Å²) in [6.45, 7) is 0.799. The summed E-state index contributed by atoms with van der Waals surface area (Å²) < 4.78 is 6.80. The summed E-state index contributed by atoms with van der Waals surface area (Å²) >= 11 is 10.00. The molecule has 1 aliphatic carbocycles. The van der Waals surface area contributed by atoms with Gasteiger partial charge in [-0.1, -0.05) is 15.9 Å². The monoisotopic (exact) mass is 286 g/mol. The van der Waals surface area contributed by atoms with Gasteiger partial charge in [0.05, 0.1) is 12.0 Å². The highest BCUT2D eigenvalue weighted by Gasteiger charge is 2.34. The lowest BCUT2D eigenvalue weighted by molar-refractivity contribution is 0.352. The molecular formula is C12H12BrClO. The van der Waals surface area contributed by atoms with Gasteiger partial charge in [-0.3, -0.25) is 0 Å². The van der Waals surface area contributed by atoms with E-state index in [0.717, 1.165) is 23.2 Å². The van der Waals surface area contributed by atoms with Gasteiger partial charge >= 0.3 is 0 Å². The average molecular weight is 288 g/mol. The molecule has 1 fully saturated rings. The highest BCUT2D eigenvalue weighted by Crippen LogP contribution is 2.49. The fourth-order valence-electron chi connectivity index (χ4n) is 2.15. The third-order valence-corrected chi connectivity index (χ3v) is 4.16. The molecule has 0 saturated heterocycles. The van der Waals surface area contributed by atoms with Crippen molar-refractivity contribution in [2.75, 3.05) is 6.61 Å². The summed E-state index contributed by atoms with van der Waals surface area (Å²) in [4.78, 5) is 0. The second-order valence-electron chi connectivity index (χ2n) is 4.32. The molecule has 0 N–H and O–H groups in total. The van der Waals surface area contributed by atoms with Crippen molar-refractivity contribution in [2.45, 2.75) is 24.6 Å². The van der Waals surface area contributed by atoms with Crippen LogP contribution in [0.2, 0.25) is 0 Å². The summed E-state index contributed by atoms with van der Waals surface area (Å²) in [6.07, 6.45) is 3.53. The maximum atomic E-state index is 6.46. The predicted molar refractivity (Wildman–Crippen MR) is 64.7 cm³/mol. The van der Waals surface area contributed by atoms with Crippen molar-refractivity contribution in [3.63, 3.8) is 0 Å². The van der Waals surface area contributed by atoms with Crippen LogP contribution in [0.1, 0.15) is 29.3 Å². The van der Waals surface area contributed by atoms with Crippen molar-refractivity contribution in [2.24, 2.45) is 5.92 Å². The van der Waals surface area contributed by atoms with Gasteiger partial charge in [-0.15, -0.1) is 11.6 Å². The normalized spacial score (nSPS) is 20.9. The smallest absolute Gasteiger partial charge is 0.127 e. The molecule has 1 unspecified atom stereocenters. The van der Waals surface area contributed by atoms with Crippen molar-refractivity contribution < 1.29 is 4.74 Å². The highest BCUT2D eigenvalue weighted by atomic mass is 79.9. The molecule has 0 aromatic heterocycles. The summed E-state index contributed by atoms with van der Waals surface area (Å²) in [5.74, 6) is 1.71. The zero-order valence-corrected chi connectivity index (χ0v) is 10.6. The van der Waals surface area contributed by atoms with Crippen LogP contribution in [-0.2, 0) is 6.42 Å². The first-order valence-electron chi connectivity index (χ1n) is 5.35. The molecule has 1 nitrogen and oxygen atoms in total. The molecule has 1 aromatic rings. The Morgan fingerprint density at radius 3 is 2.93 bits per heavy atom. The number of ether oxygens (including phenoxy) is 1. The quantitative estimate of drug-likeness (QED) is 0.745. The molecular weight excluding hydrogens is 275 g/mol. The third kappa shape index (κ3) is 1.78. The fourth-order valence-corrected chi connectivity index (χ4v) is 3.08. The Kier molecular flexibility index (Phi) is 2.44. The third-order valence-electron chi connectivity index (χ3n) is 3.11. The number of benzene rings is 1. The Hall–Kier alpha value is -0.210. The van der Waals surface area contributed by atoms with Gasteiger partial charge in [-0.25, -0.2) is 0 Å². The van der Waals surface area contributed by atoms with E-state index in [9.17, 15) is 0 Å². The van der Waals surface area contributed by atoms with Crippen LogP contribution < -0.4 is 4.74 Å². The minimum Gasteiger partial charge on any atom is -0.493 e. The van der Waals surface area contributed by atoms with E-state index in [4.69, 9.17) is 16.3 Å². The van der Waals surface area contributed by atoms with E-state index in [2.05, 4.69) is 28.1 Å². The van der Waals surface area contributed by atoms with Crippen LogP contribution in [0.25, 0.3) is 0 Å². The number of halogens is 2. The van der Waals surface area contributed by atoms with Crippen molar-refractivity contribution >= 4 is 27.5 Å². The van der Waals surface area contributed by atoms with Gasteiger partial charge in [0.25, 0.3) is 0 Å². The minimum atomic E-state index is 0.134. The number of hydrogen-bond acceptors (Lipinski definition) is 1. The first kappa shape index (κ1) is 9.98. The topological polar surface area (TPSA) is 9.23 Å². The maximum absolute atomic E-state index is 6.46. The molecule has 3 rings (SSSR count). The van der Waals surface area contributed by atoms with Crippen LogP contribution in [0.5, 0.6) is 5.75 Å². The molecule has 1 aromatic carbocycles. The SMILES string of the molecule is ClC(c1cc(Br)cc2c1OCC2)C1CC1. The van der Waals surface area contributed by atoms with Crippen LogP contribution in [-0.4, -0.2) is 6.61 Å². The van der Waals surface area contributed by atoms with E-state index in [1.807, 2.05) is 0 Å². The van der Waals surface area contributed by atoms with E-state index < -0.39 is 0 Å². The van der Waals surface area contributed by atoms with Gasteiger partial charge in [-0.05, 0) is 36.5 Å². The van der Waals surface area contributed by atoms with Crippen molar-refractivity contribution in [1.82, 2.24) is 0 Å². The van der Waals surface area contributed by atoms with Gasteiger partial charge < -0.3 is 4.74 Å². The zero-order valence-electron chi connectivity index (χ0n) is 8.30. The van der Waals surface area contributed by atoms with Gasteiger partial charge in [0.1, 0.15) is 5.75 Å². The molecule has 2 aliphatic rings. The van der Waals surface area contributed by atoms with E-state index in [0.29, 0.717) is 5.92 Å². The Labute approximate surface area is 103 Å². The number of fused-ring (bicyclic) bond motifs is 1. The number of hydrogen-bond donors (Lipinski definition) is 0. The molecule has 1 aliphatic heterocycles. The molecule has 1 saturated carbocycles. The van der Waals surface area contributed by atoms with Crippen LogP contribution in [0.15, 0.2) is 16.6 Å². The first-order chi connectivity index (χ1) is 7.25. The highest BCUT2D eigenvalue weighted by molar-refractivity contribution is 9.10. The zero-order chi connectivity index (χ0) is 10.4. The second kappa shape index (κ2) is 3.67. The van der Waals surface area contributed by atoms with Crippen molar-refractivity contribution in [3.05, 3.63) is 27.7 Å². The van der Waals surface area contributed by atoms with Crippen molar-refractivity contribution in [1.29, 1.82) is 0 Å². The second-order valence-corrected chi connectivity index (χ2v) is 5.71. The summed E-state index contributed by atoms with van der Waals surface area (Å²) in [6, 6.07) is 4.25. The fraction of sp³-hybridized carbons (Fsp3) is 0.500. The molecule has 80 valence electrons. The Morgan fingerprint density at radius 2 is 2.20 bits per heavy atom. The first-order valence-corrected chi connectivity index (χ1v) is 6.58. The minimum absolute atomic E-state index is 0.134. The maximum Gasteiger partial charge on any atom is 0.127 e. The van der Waals surface area contributed by atoms with Crippen LogP contribution >= 0.6 is 27.5 Å². The molecule has 0 spiro atoms. The predicted octanol–water partition coefficient (Wildman–Crippen LogP) is 4.07.